The second kappa shape index (κ2) is 8.15. The molecule has 0 aromatic heterocycles. The standard InChI is InChI=1S/C15H25N3O2S.ClH/c1-12-9-13(2)11-18(10-12)21(19,20)17-8-7-14-3-5-15(16)6-4-14;/h3-6,12-13,17H,7-11,16H2,1-2H3;1H. The van der Waals surface area contributed by atoms with E-state index in [-0.39, 0.29) is 12.4 Å². The van der Waals surface area contributed by atoms with Gasteiger partial charge < -0.3 is 5.73 Å². The Hall–Kier alpha value is -0.820. The predicted molar refractivity (Wildman–Crippen MR) is 93.2 cm³/mol. The number of hydrogen-bond donors (Lipinski definition) is 2. The van der Waals surface area contributed by atoms with E-state index in [9.17, 15) is 8.42 Å². The first kappa shape index (κ1) is 19.2. The summed E-state index contributed by atoms with van der Waals surface area (Å²) in [6, 6.07) is 7.51. The van der Waals surface area contributed by atoms with Crippen LogP contribution in [0.1, 0.15) is 25.8 Å². The van der Waals surface area contributed by atoms with E-state index in [0.717, 1.165) is 17.7 Å². The van der Waals surface area contributed by atoms with Crippen LogP contribution < -0.4 is 10.5 Å². The minimum atomic E-state index is -3.37. The summed E-state index contributed by atoms with van der Waals surface area (Å²) in [5, 5.41) is 0. The highest BCUT2D eigenvalue weighted by Crippen LogP contribution is 2.22. The van der Waals surface area contributed by atoms with Gasteiger partial charge >= 0.3 is 0 Å². The maximum Gasteiger partial charge on any atom is 0.279 e. The third kappa shape index (κ3) is 5.43. The lowest BCUT2D eigenvalue weighted by Crippen LogP contribution is -2.48. The van der Waals surface area contributed by atoms with Crippen LogP contribution in [0.5, 0.6) is 0 Å². The van der Waals surface area contributed by atoms with Gasteiger partial charge in [-0.15, -0.1) is 12.4 Å². The first-order valence-electron chi connectivity index (χ1n) is 7.46. The molecule has 126 valence electrons. The van der Waals surface area contributed by atoms with Crippen molar-refractivity contribution in [3.63, 3.8) is 0 Å². The molecule has 5 nitrogen and oxygen atoms in total. The number of anilines is 1. The highest BCUT2D eigenvalue weighted by Gasteiger charge is 2.29. The summed E-state index contributed by atoms with van der Waals surface area (Å²) in [5.74, 6) is 0.838. The van der Waals surface area contributed by atoms with Crippen molar-refractivity contribution in [2.45, 2.75) is 26.7 Å². The normalized spacial score (nSPS) is 23.0. The maximum atomic E-state index is 12.3. The monoisotopic (exact) mass is 347 g/mol. The van der Waals surface area contributed by atoms with Gasteiger partial charge in [-0.05, 0) is 42.4 Å². The summed E-state index contributed by atoms with van der Waals surface area (Å²) in [7, 11) is -3.37. The van der Waals surface area contributed by atoms with E-state index in [4.69, 9.17) is 5.73 Å². The number of hydrogen-bond acceptors (Lipinski definition) is 3. The van der Waals surface area contributed by atoms with Crippen LogP contribution in [0.15, 0.2) is 24.3 Å². The Labute approximate surface area is 139 Å². The summed E-state index contributed by atoms with van der Waals surface area (Å²) < 4.78 is 28.9. The van der Waals surface area contributed by atoms with E-state index in [0.29, 0.717) is 37.9 Å². The van der Waals surface area contributed by atoms with Crippen LogP contribution in [-0.4, -0.2) is 32.4 Å². The van der Waals surface area contributed by atoms with E-state index in [1.807, 2.05) is 24.3 Å². The number of rotatable bonds is 5. The van der Waals surface area contributed by atoms with Gasteiger partial charge in [-0.2, -0.15) is 12.7 Å². The number of nitrogen functional groups attached to an aromatic ring is 1. The molecule has 2 atom stereocenters. The fourth-order valence-corrected chi connectivity index (χ4v) is 4.35. The van der Waals surface area contributed by atoms with Crippen LogP contribution >= 0.6 is 12.4 Å². The van der Waals surface area contributed by atoms with Gasteiger partial charge in [0.05, 0.1) is 0 Å². The van der Waals surface area contributed by atoms with Crippen molar-refractivity contribution in [3.05, 3.63) is 29.8 Å². The van der Waals surface area contributed by atoms with Crippen molar-refractivity contribution < 1.29 is 8.42 Å². The smallest absolute Gasteiger partial charge is 0.279 e. The lowest BCUT2D eigenvalue weighted by Gasteiger charge is -2.33. The average molecular weight is 348 g/mol. The molecule has 1 aromatic carbocycles. The van der Waals surface area contributed by atoms with Crippen LogP contribution in [-0.2, 0) is 16.6 Å². The van der Waals surface area contributed by atoms with E-state index in [1.165, 1.54) is 0 Å². The van der Waals surface area contributed by atoms with E-state index in [1.54, 1.807) is 4.31 Å². The van der Waals surface area contributed by atoms with Gasteiger partial charge in [0.25, 0.3) is 10.2 Å². The minimum absolute atomic E-state index is 0. The summed E-state index contributed by atoms with van der Waals surface area (Å²) in [6.07, 6.45) is 1.76. The van der Waals surface area contributed by atoms with Gasteiger partial charge in [0.15, 0.2) is 0 Å². The molecular weight excluding hydrogens is 322 g/mol. The Morgan fingerprint density at radius 1 is 1.18 bits per heavy atom. The maximum absolute atomic E-state index is 12.3. The van der Waals surface area contributed by atoms with E-state index >= 15 is 0 Å². The molecule has 3 N–H and O–H groups in total. The summed E-state index contributed by atoms with van der Waals surface area (Å²) >= 11 is 0. The van der Waals surface area contributed by atoms with Crippen LogP contribution in [0.3, 0.4) is 0 Å². The Bertz CT molecular complexity index is 553. The van der Waals surface area contributed by atoms with Gasteiger partial charge in [-0.1, -0.05) is 26.0 Å². The van der Waals surface area contributed by atoms with Gasteiger partial charge in [0.2, 0.25) is 0 Å². The molecule has 0 amide bonds. The second-order valence-electron chi connectivity index (χ2n) is 6.15. The molecule has 1 aliphatic rings. The van der Waals surface area contributed by atoms with E-state index < -0.39 is 10.2 Å². The van der Waals surface area contributed by atoms with Gasteiger partial charge in [0, 0.05) is 25.3 Å². The molecule has 2 unspecified atom stereocenters. The average Bonchev–Trinajstić information content (AvgIpc) is 2.40. The van der Waals surface area contributed by atoms with Crippen molar-refractivity contribution >= 4 is 28.3 Å². The molecule has 22 heavy (non-hydrogen) atoms. The van der Waals surface area contributed by atoms with Crippen molar-refractivity contribution in [1.29, 1.82) is 0 Å². The molecule has 1 heterocycles. The molecule has 2 rings (SSSR count). The first-order chi connectivity index (χ1) is 9.87. The number of halogens is 1. The van der Waals surface area contributed by atoms with Crippen molar-refractivity contribution in [3.8, 4) is 0 Å². The molecule has 0 radical (unpaired) electrons. The Morgan fingerprint density at radius 3 is 2.27 bits per heavy atom. The third-order valence-electron chi connectivity index (χ3n) is 3.85. The Kier molecular flexibility index (Phi) is 7.12. The van der Waals surface area contributed by atoms with E-state index in [2.05, 4.69) is 18.6 Å². The fourth-order valence-electron chi connectivity index (χ4n) is 2.90. The fraction of sp³-hybridized carbons (Fsp3) is 0.600. The quantitative estimate of drug-likeness (QED) is 0.800. The number of piperidine rings is 1. The van der Waals surface area contributed by atoms with Crippen molar-refractivity contribution in [2.75, 3.05) is 25.4 Å². The first-order valence-corrected chi connectivity index (χ1v) is 8.90. The van der Waals surface area contributed by atoms with Crippen molar-refractivity contribution in [1.82, 2.24) is 9.03 Å². The molecule has 1 fully saturated rings. The second-order valence-corrected chi connectivity index (χ2v) is 7.91. The zero-order valence-corrected chi connectivity index (χ0v) is 14.8. The van der Waals surface area contributed by atoms with Crippen LogP contribution in [0.2, 0.25) is 0 Å². The number of benzene rings is 1. The van der Waals surface area contributed by atoms with Crippen LogP contribution in [0.25, 0.3) is 0 Å². The summed E-state index contributed by atoms with van der Waals surface area (Å²) in [5.41, 5.74) is 7.42. The van der Waals surface area contributed by atoms with Gasteiger partial charge in [0.1, 0.15) is 0 Å². The minimum Gasteiger partial charge on any atom is -0.399 e. The molecule has 0 aliphatic carbocycles. The number of nitrogens with zero attached hydrogens (tertiary/aromatic N) is 1. The highest BCUT2D eigenvalue weighted by molar-refractivity contribution is 7.87. The molecule has 0 saturated carbocycles. The Morgan fingerprint density at radius 2 is 1.73 bits per heavy atom. The van der Waals surface area contributed by atoms with Gasteiger partial charge in [-0.3, -0.25) is 0 Å². The molecule has 1 aromatic rings. The lowest BCUT2D eigenvalue weighted by molar-refractivity contribution is 0.220. The summed E-state index contributed by atoms with van der Waals surface area (Å²) in [4.78, 5) is 0. The molecule has 7 heteroatoms. The van der Waals surface area contributed by atoms with Crippen LogP contribution in [0.4, 0.5) is 5.69 Å². The largest absolute Gasteiger partial charge is 0.399 e. The molecule has 0 bridgehead atoms. The summed E-state index contributed by atoms with van der Waals surface area (Å²) in [6.45, 7) is 5.84. The van der Waals surface area contributed by atoms with Crippen molar-refractivity contribution in [2.24, 2.45) is 11.8 Å². The third-order valence-corrected chi connectivity index (χ3v) is 5.40. The number of nitrogens with one attached hydrogen (secondary N) is 1. The predicted octanol–water partition coefficient (Wildman–Crippen LogP) is 2.05. The lowest BCUT2D eigenvalue weighted by atomic mass is 9.94. The number of nitrogens with two attached hydrogens (primary N) is 1. The molecular formula is C15H26ClN3O2S. The van der Waals surface area contributed by atoms with Crippen LogP contribution in [0, 0.1) is 11.8 Å². The molecule has 1 saturated heterocycles. The SMILES string of the molecule is CC1CC(C)CN(S(=O)(=O)NCCc2ccc(N)cc2)C1.Cl. The molecule has 1 aliphatic heterocycles. The zero-order chi connectivity index (χ0) is 15.5. The highest BCUT2D eigenvalue weighted by atomic mass is 35.5. The Balaban J connectivity index is 0.00000242. The zero-order valence-electron chi connectivity index (χ0n) is 13.2. The topological polar surface area (TPSA) is 75.4 Å². The van der Waals surface area contributed by atoms with Gasteiger partial charge in [-0.25, -0.2) is 4.72 Å². The molecule has 0 spiro atoms.